The summed E-state index contributed by atoms with van der Waals surface area (Å²) in [6.45, 7) is 11.7. The Labute approximate surface area is 102 Å². The van der Waals surface area contributed by atoms with Crippen LogP contribution in [-0.4, -0.2) is 38.1 Å². The fourth-order valence-corrected chi connectivity index (χ4v) is 2.82. The van der Waals surface area contributed by atoms with Crippen LogP contribution in [0.25, 0.3) is 0 Å². The van der Waals surface area contributed by atoms with Crippen LogP contribution in [0.4, 0.5) is 0 Å². The number of nitrogens with one attached hydrogen (secondary N) is 1. The predicted molar refractivity (Wildman–Crippen MR) is 71.8 cm³/mol. The molecule has 2 nitrogen and oxygen atoms in total. The average molecular weight is 226 g/mol. The van der Waals surface area contributed by atoms with Crippen molar-refractivity contribution in [2.24, 2.45) is 11.3 Å². The summed E-state index contributed by atoms with van der Waals surface area (Å²) in [5.74, 6) is 0.896. The van der Waals surface area contributed by atoms with Crippen molar-refractivity contribution in [3.05, 3.63) is 0 Å². The van der Waals surface area contributed by atoms with Gasteiger partial charge in [-0.05, 0) is 37.8 Å². The van der Waals surface area contributed by atoms with Crippen LogP contribution in [0.2, 0.25) is 0 Å². The van der Waals surface area contributed by atoms with E-state index in [-0.39, 0.29) is 0 Å². The van der Waals surface area contributed by atoms with Crippen molar-refractivity contribution in [1.29, 1.82) is 0 Å². The van der Waals surface area contributed by atoms with Gasteiger partial charge in [-0.2, -0.15) is 0 Å². The SMILES string of the molecule is CCNCCN(C)CC1CCCCC1(C)C. The summed E-state index contributed by atoms with van der Waals surface area (Å²) in [6.07, 6.45) is 5.72. The molecule has 1 aliphatic carbocycles. The second-order valence-corrected chi connectivity index (χ2v) is 6.05. The van der Waals surface area contributed by atoms with Crippen molar-refractivity contribution in [3.63, 3.8) is 0 Å². The molecule has 0 spiro atoms. The fraction of sp³-hybridized carbons (Fsp3) is 1.00. The van der Waals surface area contributed by atoms with Crippen LogP contribution >= 0.6 is 0 Å². The van der Waals surface area contributed by atoms with Gasteiger partial charge in [0.1, 0.15) is 0 Å². The van der Waals surface area contributed by atoms with Crippen molar-refractivity contribution in [3.8, 4) is 0 Å². The van der Waals surface area contributed by atoms with E-state index in [0.717, 1.165) is 19.0 Å². The molecule has 0 saturated heterocycles. The van der Waals surface area contributed by atoms with Gasteiger partial charge < -0.3 is 10.2 Å². The zero-order valence-electron chi connectivity index (χ0n) is 11.7. The Bertz CT molecular complexity index is 189. The minimum Gasteiger partial charge on any atom is -0.316 e. The Balaban J connectivity index is 2.28. The zero-order chi connectivity index (χ0) is 12.0. The minimum absolute atomic E-state index is 0.560. The van der Waals surface area contributed by atoms with E-state index in [1.807, 2.05) is 0 Å². The molecular weight excluding hydrogens is 196 g/mol. The summed E-state index contributed by atoms with van der Waals surface area (Å²) >= 11 is 0. The van der Waals surface area contributed by atoms with Crippen LogP contribution in [0.3, 0.4) is 0 Å². The first-order valence-electron chi connectivity index (χ1n) is 6.95. The first-order chi connectivity index (χ1) is 7.56. The van der Waals surface area contributed by atoms with E-state index < -0.39 is 0 Å². The first-order valence-corrected chi connectivity index (χ1v) is 6.95. The molecule has 1 fully saturated rings. The summed E-state index contributed by atoms with van der Waals surface area (Å²) in [4.78, 5) is 2.50. The maximum Gasteiger partial charge on any atom is 0.0104 e. The van der Waals surface area contributed by atoms with Crippen molar-refractivity contribution >= 4 is 0 Å². The number of likely N-dealkylation sites (N-methyl/N-ethyl adjacent to an activating group) is 2. The maximum atomic E-state index is 3.40. The van der Waals surface area contributed by atoms with Crippen molar-refractivity contribution in [2.75, 3.05) is 33.2 Å². The van der Waals surface area contributed by atoms with E-state index in [2.05, 4.69) is 38.0 Å². The molecule has 0 radical (unpaired) electrons. The van der Waals surface area contributed by atoms with E-state index in [1.54, 1.807) is 0 Å². The highest BCUT2D eigenvalue weighted by molar-refractivity contribution is 4.84. The fourth-order valence-electron chi connectivity index (χ4n) is 2.82. The van der Waals surface area contributed by atoms with Gasteiger partial charge in [0.15, 0.2) is 0 Å². The third-order valence-electron chi connectivity index (χ3n) is 4.18. The molecule has 0 aromatic rings. The lowest BCUT2D eigenvalue weighted by Crippen LogP contribution is -2.39. The molecule has 0 amide bonds. The monoisotopic (exact) mass is 226 g/mol. The van der Waals surface area contributed by atoms with Crippen LogP contribution in [0.1, 0.15) is 46.5 Å². The molecule has 1 rings (SSSR count). The molecule has 0 aromatic heterocycles. The average Bonchev–Trinajstić information content (AvgIpc) is 2.21. The zero-order valence-corrected chi connectivity index (χ0v) is 11.7. The van der Waals surface area contributed by atoms with Gasteiger partial charge in [0.05, 0.1) is 0 Å². The summed E-state index contributed by atoms with van der Waals surface area (Å²) < 4.78 is 0. The van der Waals surface area contributed by atoms with Crippen molar-refractivity contribution in [1.82, 2.24) is 10.2 Å². The van der Waals surface area contributed by atoms with Gasteiger partial charge in [0.2, 0.25) is 0 Å². The van der Waals surface area contributed by atoms with Gasteiger partial charge in [-0.15, -0.1) is 0 Å². The number of rotatable bonds is 6. The van der Waals surface area contributed by atoms with Gasteiger partial charge in [-0.25, -0.2) is 0 Å². The number of hydrogen-bond donors (Lipinski definition) is 1. The molecule has 96 valence electrons. The van der Waals surface area contributed by atoms with E-state index in [4.69, 9.17) is 0 Å². The topological polar surface area (TPSA) is 15.3 Å². The predicted octanol–water partition coefficient (Wildman–Crippen LogP) is 2.74. The van der Waals surface area contributed by atoms with Crippen molar-refractivity contribution < 1.29 is 0 Å². The normalized spacial score (nSPS) is 24.9. The molecule has 1 aliphatic rings. The summed E-state index contributed by atoms with van der Waals surface area (Å²) in [7, 11) is 2.27. The lowest BCUT2D eigenvalue weighted by molar-refractivity contribution is 0.1000. The number of hydrogen-bond acceptors (Lipinski definition) is 2. The quantitative estimate of drug-likeness (QED) is 0.701. The first kappa shape index (κ1) is 14.0. The Morgan fingerprint density at radius 2 is 2.06 bits per heavy atom. The maximum absolute atomic E-state index is 3.40. The van der Waals surface area contributed by atoms with Gasteiger partial charge in [-0.3, -0.25) is 0 Å². The molecule has 0 heterocycles. The molecule has 1 atom stereocenters. The molecule has 1 saturated carbocycles. The lowest BCUT2D eigenvalue weighted by atomic mass is 9.69. The Morgan fingerprint density at radius 3 is 2.69 bits per heavy atom. The van der Waals surface area contributed by atoms with E-state index in [0.29, 0.717) is 5.41 Å². The molecule has 1 unspecified atom stereocenters. The standard InChI is InChI=1S/C14H30N2/c1-5-15-10-11-16(4)12-13-8-6-7-9-14(13,2)3/h13,15H,5-12H2,1-4H3. The Morgan fingerprint density at radius 1 is 1.31 bits per heavy atom. The van der Waals surface area contributed by atoms with Crippen LogP contribution in [-0.2, 0) is 0 Å². The molecular formula is C14H30N2. The summed E-state index contributed by atoms with van der Waals surface area (Å²) in [5.41, 5.74) is 0.560. The number of nitrogens with zero attached hydrogens (tertiary/aromatic N) is 1. The third-order valence-corrected chi connectivity index (χ3v) is 4.18. The van der Waals surface area contributed by atoms with E-state index in [1.165, 1.54) is 38.8 Å². The second kappa shape index (κ2) is 6.61. The molecule has 16 heavy (non-hydrogen) atoms. The van der Waals surface area contributed by atoms with E-state index in [9.17, 15) is 0 Å². The molecule has 0 aromatic carbocycles. The summed E-state index contributed by atoms with van der Waals surface area (Å²) in [5, 5.41) is 3.40. The van der Waals surface area contributed by atoms with Gasteiger partial charge in [0.25, 0.3) is 0 Å². The highest BCUT2D eigenvalue weighted by atomic mass is 15.1. The highest BCUT2D eigenvalue weighted by Crippen LogP contribution is 2.40. The van der Waals surface area contributed by atoms with Gasteiger partial charge >= 0.3 is 0 Å². The third kappa shape index (κ3) is 4.42. The van der Waals surface area contributed by atoms with Gasteiger partial charge in [-0.1, -0.05) is 33.6 Å². The minimum atomic E-state index is 0.560. The highest BCUT2D eigenvalue weighted by Gasteiger charge is 2.32. The van der Waals surface area contributed by atoms with E-state index >= 15 is 0 Å². The molecule has 1 N–H and O–H groups in total. The van der Waals surface area contributed by atoms with Crippen LogP contribution in [0, 0.1) is 11.3 Å². The second-order valence-electron chi connectivity index (χ2n) is 6.05. The Hall–Kier alpha value is -0.0800. The smallest absolute Gasteiger partial charge is 0.0104 e. The molecule has 0 bridgehead atoms. The largest absolute Gasteiger partial charge is 0.316 e. The molecule has 2 heteroatoms. The van der Waals surface area contributed by atoms with Crippen LogP contribution in [0.15, 0.2) is 0 Å². The summed E-state index contributed by atoms with van der Waals surface area (Å²) in [6, 6.07) is 0. The van der Waals surface area contributed by atoms with Crippen molar-refractivity contribution in [2.45, 2.75) is 46.5 Å². The Kier molecular flexibility index (Phi) is 5.77. The van der Waals surface area contributed by atoms with Crippen LogP contribution in [0.5, 0.6) is 0 Å². The lowest BCUT2D eigenvalue weighted by Gasteiger charge is -2.40. The molecule has 0 aliphatic heterocycles. The van der Waals surface area contributed by atoms with Gasteiger partial charge in [0, 0.05) is 19.6 Å². The van der Waals surface area contributed by atoms with Crippen LogP contribution < -0.4 is 5.32 Å².